The second kappa shape index (κ2) is 16.4. The molecule has 0 radical (unpaired) electrons. The van der Waals surface area contributed by atoms with Gasteiger partial charge in [0.2, 0.25) is 0 Å². The summed E-state index contributed by atoms with van der Waals surface area (Å²) >= 11 is 0. The van der Waals surface area contributed by atoms with Crippen LogP contribution in [0.1, 0.15) is 96.0 Å². The summed E-state index contributed by atoms with van der Waals surface area (Å²) in [6.45, 7) is 3.11. The standard InChI is InChI=1S/C29H45NO5/c1-3-4-5-6-7-8-9-10-11-12-13-17-22-34-27-23-26(20-21-31)29(35-27,28(32)33)30(2)24-25-18-15-14-16-19-25/h14-16,18-19,21,23,26H,3-13,17,20,22,24H2,1-2H3,(H,32,33). The van der Waals surface area contributed by atoms with E-state index in [1.54, 1.807) is 18.0 Å². The highest BCUT2D eigenvalue weighted by atomic mass is 16.7. The van der Waals surface area contributed by atoms with Gasteiger partial charge in [-0.15, -0.1) is 0 Å². The molecule has 0 fully saturated rings. The Morgan fingerprint density at radius 1 is 1.00 bits per heavy atom. The quantitative estimate of drug-likeness (QED) is 0.163. The van der Waals surface area contributed by atoms with Crippen LogP contribution in [0.25, 0.3) is 0 Å². The molecule has 0 bridgehead atoms. The van der Waals surface area contributed by atoms with Crippen LogP contribution in [0, 0.1) is 5.92 Å². The molecule has 0 aliphatic carbocycles. The van der Waals surface area contributed by atoms with E-state index in [1.165, 1.54) is 64.2 Å². The first-order valence-electron chi connectivity index (χ1n) is 13.5. The number of carbonyl (C=O) groups is 2. The van der Waals surface area contributed by atoms with Crippen molar-refractivity contribution in [3.63, 3.8) is 0 Å². The zero-order valence-corrected chi connectivity index (χ0v) is 21.8. The van der Waals surface area contributed by atoms with Crippen LogP contribution in [-0.4, -0.2) is 41.6 Å². The molecule has 0 saturated carbocycles. The molecule has 2 atom stereocenters. The summed E-state index contributed by atoms with van der Waals surface area (Å²) in [4.78, 5) is 25.4. The van der Waals surface area contributed by atoms with Crippen LogP contribution in [0.2, 0.25) is 0 Å². The highest BCUT2D eigenvalue weighted by Gasteiger charge is 2.55. The minimum Gasteiger partial charge on any atom is -0.477 e. The molecule has 196 valence electrons. The topological polar surface area (TPSA) is 76.1 Å². The van der Waals surface area contributed by atoms with Gasteiger partial charge in [0.25, 0.3) is 11.7 Å². The van der Waals surface area contributed by atoms with Crippen molar-refractivity contribution in [2.45, 2.75) is 103 Å². The van der Waals surface area contributed by atoms with Crippen LogP contribution in [0.5, 0.6) is 0 Å². The summed E-state index contributed by atoms with van der Waals surface area (Å²) in [6.07, 6.45) is 17.6. The second-order valence-electron chi connectivity index (χ2n) is 9.68. The minimum atomic E-state index is -1.66. The number of carboxylic acids is 1. The third kappa shape index (κ3) is 9.32. The van der Waals surface area contributed by atoms with E-state index in [9.17, 15) is 14.7 Å². The van der Waals surface area contributed by atoms with Crippen molar-refractivity contribution in [3.05, 3.63) is 47.9 Å². The van der Waals surface area contributed by atoms with E-state index in [0.29, 0.717) is 13.2 Å². The van der Waals surface area contributed by atoms with Crippen molar-refractivity contribution in [1.29, 1.82) is 0 Å². The maximum Gasteiger partial charge on any atom is 0.364 e. The van der Waals surface area contributed by atoms with Gasteiger partial charge in [0, 0.05) is 19.0 Å². The Balaban J connectivity index is 1.73. The van der Waals surface area contributed by atoms with E-state index in [2.05, 4.69) is 6.92 Å². The first kappa shape index (κ1) is 28.9. The van der Waals surface area contributed by atoms with Crippen molar-refractivity contribution in [2.75, 3.05) is 13.7 Å². The van der Waals surface area contributed by atoms with Gasteiger partial charge in [0.15, 0.2) is 0 Å². The molecule has 2 rings (SSSR count). The lowest BCUT2D eigenvalue weighted by atomic mass is 9.92. The third-order valence-corrected chi connectivity index (χ3v) is 6.82. The van der Waals surface area contributed by atoms with E-state index in [-0.39, 0.29) is 12.4 Å². The van der Waals surface area contributed by atoms with E-state index in [4.69, 9.17) is 9.47 Å². The van der Waals surface area contributed by atoms with E-state index in [0.717, 1.165) is 24.7 Å². The van der Waals surface area contributed by atoms with Crippen molar-refractivity contribution in [2.24, 2.45) is 5.92 Å². The molecule has 6 nitrogen and oxygen atoms in total. The number of benzene rings is 1. The smallest absolute Gasteiger partial charge is 0.364 e. The van der Waals surface area contributed by atoms with Gasteiger partial charge in [-0.05, 0) is 19.0 Å². The van der Waals surface area contributed by atoms with Gasteiger partial charge >= 0.3 is 5.97 Å². The number of aliphatic carboxylic acids is 1. The number of carbonyl (C=O) groups excluding carboxylic acids is 1. The van der Waals surface area contributed by atoms with Crippen LogP contribution in [0.4, 0.5) is 0 Å². The molecule has 1 aliphatic heterocycles. The number of hydrogen-bond acceptors (Lipinski definition) is 5. The van der Waals surface area contributed by atoms with Crippen molar-refractivity contribution in [1.82, 2.24) is 4.90 Å². The minimum absolute atomic E-state index is 0.0525. The Hall–Kier alpha value is -2.34. The highest BCUT2D eigenvalue weighted by molar-refractivity contribution is 5.79. The average molecular weight is 488 g/mol. The third-order valence-electron chi connectivity index (χ3n) is 6.82. The van der Waals surface area contributed by atoms with Crippen molar-refractivity contribution in [3.8, 4) is 0 Å². The molecule has 1 heterocycles. The predicted molar refractivity (Wildman–Crippen MR) is 139 cm³/mol. The second-order valence-corrected chi connectivity index (χ2v) is 9.68. The number of ether oxygens (including phenoxy) is 2. The molecule has 0 amide bonds. The molecule has 6 heteroatoms. The molecule has 2 unspecified atom stereocenters. The Kier molecular flexibility index (Phi) is 13.5. The van der Waals surface area contributed by atoms with Gasteiger partial charge in [-0.2, -0.15) is 0 Å². The number of unbranched alkanes of at least 4 members (excludes halogenated alkanes) is 11. The molecule has 35 heavy (non-hydrogen) atoms. The SMILES string of the molecule is CCCCCCCCCCCCCCOC1=CC(CC=O)C(C(=O)O)(N(C)Cc2ccccc2)O1. The average Bonchev–Trinajstić information content (AvgIpc) is 3.22. The zero-order valence-electron chi connectivity index (χ0n) is 21.8. The largest absolute Gasteiger partial charge is 0.477 e. The molecule has 0 spiro atoms. The summed E-state index contributed by atoms with van der Waals surface area (Å²) in [5, 5.41) is 10.1. The summed E-state index contributed by atoms with van der Waals surface area (Å²) in [5.74, 6) is -1.53. The summed E-state index contributed by atoms with van der Waals surface area (Å²) in [6, 6.07) is 9.62. The number of aldehydes is 1. The van der Waals surface area contributed by atoms with E-state index < -0.39 is 17.6 Å². The van der Waals surface area contributed by atoms with Gasteiger partial charge in [-0.25, -0.2) is 4.79 Å². The molecule has 1 aromatic rings. The fraction of sp³-hybridized carbons (Fsp3) is 0.655. The fourth-order valence-electron chi connectivity index (χ4n) is 4.77. The monoisotopic (exact) mass is 487 g/mol. The lowest BCUT2D eigenvalue weighted by molar-refractivity contribution is -0.200. The van der Waals surface area contributed by atoms with Crippen LogP contribution in [0.3, 0.4) is 0 Å². The van der Waals surface area contributed by atoms with Crippen LogP contribution in [0.15, 0.2) is 42.4 Å². The van der Waals surface area contributed by atoms with Gasteiger partial charge in [0.1, 0.15) is 6.29 Å². The number of rotatable bonds is 20. The Bertz CT molecular complexity index is 766. The molecular weight excluding hydrogens is 442 g/mol. The Labute approximate surface area is 211 Å². The molecule has 1 N–H and O–H groups in total. The lowest BCUT2D eigenvalue weighted by Crippen LogP contribution is -2.57. The first-order valence-corrected chi connectivity index (χ1v) is 13.5. The van der Waals surface area contributed by atoms with Crippen molar-refractivity contribution < 1.29 is 24.2 Å². The first-order chi connectivity index (χ1) is 17.0. The van der Waals surface area contributed by atoms with Crippen LogP contribution < -0.4 is 0 Å². The van der Waals surface area contributed by atoms with Gasteiger partial charge in [0.05, 0.1) is 12.5 Å². The molecule has 0 aromatic heterocycles. The highest BCUT2D eigenvalue weighted by Crippen LogP contribution is 2.39. The normalized spacial score (nSPS) is 19.4. The number of likely N-dealkylation sites (N-methyl/N-ethyl adjacent to an activating group) is 1. The number of carboxylic acid groups (broad SMARTS) is 1. The van der Waals surface area contributed by atoms with Crippen LogP contribution >= 0.6 is 0 Å². The molecule has 1 aliphatic rings. The Morgan fingerprint density at radius 3 is 2.11 bits per heavy atom. The summed E-state index contributed by atoms with van der Waals surface area (Å²) in [7, 11) is 1.71. The molecular formula is C29H45NO5. The van der Waals surface area contributed by atoms with Crippen molar-refractivity contribution >= 4 is 12.3 Å². The van der Waals surface area contributed by atoms with Gasteiger partial charge < -0.3 is 19.4 Å². The van der Waals surface area contributed by atoms with E-state index in [1.807, 2.05) is 30.3 Å². The maximum absolute atomic E-state index is 12.4. The fourth-order valence-corrected chi connectivity index (χ4v) is 4.77. The predicted octanol–water partition coefficient (Wildman–Crippen LogP) is 6.69. The summed E-state index contributed by atoms with van der Waals surface area (Å²) in [5.41, 5.74) is -0.697. The lowest BCUT2D eigenvalue weighted by Gasteiger charge is -2.37. The summed E-state index contributed by atoms with van der Waals surface area (Å²) < 4.78 is 11.7. The van der Waals surface area contributed by atoms with Gasteiger partial charge in [-0.1, -0.05) is 108 Å². The number of hydrogen-bond donors (Lipinski definition) is 1. The van der Waals surface area contributed by atoms with Crippen LogP contribution in [-0.2, 0) is 25.6 Å². The molecule has 0 saturated heterocycles. The van der Waals surface area contributed by atoms with Gasteiger partial charge in [-0.3, -0.25) is 4.90 Å². The number of nitrogens with zero attached hydrogens (tertiary/aromatic N) is 1. The van der Waals surface area contributed by atoms with E-state index >= 15 is 0 Å². The zero-order chi connectivity index (χ0) is 25.4. The maximum atomic E-state index is 12.4. The molecule has 1 aromatic carbocycles. The Morgan fingerprint density at radius 2 is 1.57 bits per heavy atom.